The number of amidine groups is 1. The van der Waals surface area contributed by atoms with Gasteiger partial charge in [-0.15, -0.1) is 5.10 Å². The first-order chi connectivity index (χ1) is 16.0. The molecule has 0 saturated carbocycles. The number of aliphatic imine (C=N–C) groups is 1. The van der Waals surface area contributed by atoms with Gasteiger partial charge in [0.05, 0.1) is 34.9 Å². The number of fused-ring (bicyclic) bond motifs is 1. The van der Waals surface area contributed by atoms with Crippen LogP contribution in [0.25, 0.3) is 5.52 Å². The highest BCUT2D eigenvalue weighted by atomic mass is 35.5. The van der Waals surface area contributed by atoms with E-state index in [0.29, 0.717) is 18.0 Å². The molecule has 5 rings (SSSR count). The lowest BCUT2D eigenvalue weighted by Crippen LogP contribution is -2.37. The molecule has 2 aromatic carbocycles. The molecule has 3 heterocycles. The lowest BCUT2D eigenvalue weighted by molar-refractivity contribution is 0.0623. The minimum atomic E-state index is -0.667. The summed E-state index contributed by atoms with van der Waals surface area (Å²) >= 11 is 5.92. The van der Waals surface area contributed by atoms with Gasteiger partial charge in [-0.1, -0.05) is 41.4 Å². The monoisotopic (exact) mass is 465 g/mol. The quantitative estimate of drug-likeness (QED) is 0.457. The molecule has 0 amide bonds. The van der Waals surface area contributed by atoms with Gasteiger partial charge in [-0.3, -0.25) is 9.83 Å². The highest BCUT2D eigenvalue weighted by molar-refractivity contribution is 6.30. The lowest BCUT2D eigenvalue weighted by Gasteiger charge is -2.23. The van der Waals surface area contributed by atoms with Crippen LogP contribution >= 0.6 is 11.6 Å². The van der Waals surface area contributed by atoms with Crippen molar-refractivity contribution < 1.29 is 14.0 Å². The predicted molar refractivity (Wildman–Crippen MR) is 124 cm³/mol. The Morgan fingerprint density at radius 2 is 2.12 bits per heavy atom. The SMILES string of the molecule is Cc1ccc(CC2CONC(c3cc4cncn4nc3Oc3cccc(Cl)c3F)=N2)c(C)c1. The molecule has 1 N–H and O–H groups in total. The van der Waals surface area contributed by atoms with E-state index in [1.54, 1.807) is 16.8 Å². The molecule has 168 valence electrons. The molecule has 1 unspecified atom stereocenters. The van der Waals surface area contributed by atoms with E-state index < -0.39 is 5.82 Å². The molecule has 9 heteroatoms. The van der Waals surface area contributed by atoms with E-state index in [1.807, 2.05) is 6.07 Å². The van der Waals surface area contributed by atoms with Gasteiger partial charge in [-0.05, 0) is 49.6 Å². The fourth-order valence-corrected chi connectivity index (χ4v) is 3.94. The molecule has 1 atom stereocenters. The fraction of sp³-hybridized carbons (Fsp3) is 0.208. The Hall–Kier alpha value is -3.49. The Morgan fingerprint density at radius 1 is 1.24 bits per heavy atom. The summed E-state index contributed by atoms with van der Waals surface area (Å²) < 4.78 is 21.9. The maximum Gasteiger partial charge on any atom is 0.248 e. The van der Waals surface area contributed by atoms with Crippen molar-refractivity contribution in [2.45, 2.75) is 26.3 Å². The zero-order chi connectivity index (χ0) is 22.9. The zero-order valence-electron chi connectivity index (χ0n) is 18.0. The van der Waals surface area contributed by atoms with E-state index in [-0.39, 0.29) is 22.7 Å². The molecule has 1 aliphatic rings. The molecule has 0 spiro atoms. The van der Waals surface area contributed by atoms with Crippen molar-refractivity contribution >= 4 is 23.0 Å². The van der Waals surface area contributed by atoms with Crippen molar-refractivity contribution in [2.75, 3.05) is 6.61 Å². The molecule has 0 aliphatic carbocycles. The van der Waals surface area contributed by atoms with Crippen molar-refractivity contribution in [1.29, 1.82) is 0 Å². The average Bonchev–Trinajstić information content (AvgIpc) is 3.26. The van der Waals surface area contributed by atoms with Gasteiger partial charge in [-0.25, -0.2) is 19.4 Å². The summed E-state index contributed by atoms with van der Waals surface area (Å²) in [5.74, 6) is -0.117. The number of benzene rings is 2. The van der Waals surface area contributed by atoms with Crippen LogP contribution in [0.15, 0.2) is 60.0 Å². The first kappa shape index (κ1) is 21.4. The predicted octanol–water partition coefficient (Wildman–Crippen LogP) is 4.82. The topological polar surface area (TPSA) is 73.0 Å². The number of nitrogens with one attached hydrogen (secondary N) is 1. The molecular weight excluding hydrogens is 445 g/mol. The van der Waals surface area contributed by atoms with Crippen molar-refractivity contribution in [3.8, 4) is 11.6 Å². The fourth-order valence-electron chi connectivity index (χ4n) is 3.77. The Kier molecular flexibility index (Phi) is 5.70. The molecule has 4 aromatic rings. The van der Waals surface area contributed by atoms with E-state index in [9.17, 15) is 4.39 Å². The standard InChI is InChI=1S/C24H21ClFN5O2/c1-14-6-7-16(15(2)8-14)9-17-12-32-30-23(28-17)19-10-18-11-27-13-31(18)29-24(19)33-21-5-3-4-20(25)22(21)26/h3-8,10-11,13,17H,9,12H2,1-2H3,(H,28,30). The Bertz CT molecular complexity index is 1370. The second-order valence-electron chi connectivity index (χ2n) is 7.96. The summed E-state index contributed by atoms with van der Waals surface area (Å²) in [7, 11) is 0. The van der Waals surface area contributed by atoms with E-state index in [0.717, 1.165) is 11.9 Å². The van der Waals surface area contributed by atoms with Crippen LogP contribution in [0.3, 0.4) is 0 Å². The van der Waals surface area contributed by atoms with E-state index in [1.165, 1.54) is 35.2 Å². The second kappa shape index (κ2) is 8.80. The smallest absolute Gasteiger partial charge is 0.248 e. The molecule has 0 bridgehead atoms. The van der Waals surface area contributed by atoms with Crippen molar-refractivity contribution in [3.05, 3.63) is 88.1 Å². The summed E-state index contributed by atoms with van der Waals surface area (Å²) in [4.78, 5) is 14.6. The largest absolute Gasteiger partial charge is 0.434 e. The van der Waals surface area contributed by atoms with Crippen LogP contribution in [0.4, 0.5) is 4.39 Å². The lowest BCUT2D eigenvalue weighted by atomic mass is 9.99. The van der Waals surface area contributed by atoms with Crippen LogP contribution in [0.2, 0.25) is 5.02 Å². The van der Waals surface area contributed by atoms with E-state index in [4.69, 9.17) is 26.2 Å². The van der Waals surface area contributed by atoms with Gasteiger partial charge >= 0.3 is 0 Å². The number of ether oxygens (including phenoxy) is 1. The molecular formula is C24H21ClFN5O2. The van der Waals surface area contributed by atoms with Crippen LogP contribution in [-0.2, 0) is 11.3 Å². The molecule has 33 heavy (non-hydrogen) atoms. The number of rotatable bonds is 5. The third-order valence-corrected chi connectivity index (χ3v) is 5.75. The third kappa shape index (κ3) is 4.40. The molecule has 0 radical (unpaired) electrons. The van der Waals surface area contributed by atoms with Crippen LogP contribution in [-0.4, -0.2) is 33.1 Å². The minimum Gasteiger partial charge on any atom is -0.434 e. The summed E-state index contributed by atoms with van der Waals surface area (Å²) in [6.45, 7) is 4.58. The number of aryl methyl sites for hydroxylation is 2. The molecule has 2 aromatic heterocycles. The zero-order valence-corrected chi connectivity index (χ0v) is 18.8. The van der Waals surface area contributed by atoms with Gasteiger partial charge in [0.1, 0.15) is 6.33 Å². The highest BCUT2D eigenvalue weighted by Crippen LogP contribution is 2.30. The summed E-state index contributed by atoms with van der Waals surface area (Å²) in [5, 5.41) is 4.42. The van der Waals surface area contributed by atoms with Gasteiger partial charge in [0, 0.05) is 0 Å². The van der Waals surface area contributed by atoms with Crippen LogP contribution in [0.1, 0.15) is 22.3 Å². The average molecular weight is 466 g/mol. The molecule has 0 fully saturated rings. The van der Waals surface area contributed by atoms with Crippen molar-refractivity contribution in [2.24, 2.45) is 4.99 Å². The van der Waals surface area contributed by atoms with Crippen molar-refractivity contribution in [1.82, 2.24) is 20.1 Å². The third-order valence-electron chi connectivity index (χ3n) is 5.46. The first-order valence-electron chi connectivity index (χ1n) is 10.5. The Morgan fingerprint density at radius 3 is 2.97 bits per heavy atom. The molecule has 7 nitrogen and oxygen atoms in total. The summed E-state index contributed by atoms with van der Waals surface area (Å²) in [6, 6.07) is 12.6. The van der Waals surface area contributed by atoms with Gasteiger partial charge in [0.15, 0.2) is 17.4 Å². The van der Waals surface area contributed by atoms with Gasteiger partial charge in [-0.2, -0.15) is 0 Å². The van der Waals surface area contributed by atoms with Crippen LogP contribution < -0.4 is 10.2 Å². The normalized spacial score (nSPS) is 15.9. The van der Waals surface area contributed by atoms with Crippen LogP contribution in [0, 0.1) is 19.7 Å². The summed E-state index contributed by atoms with van der Waals surface area (Å²) in [5.41, 5.74) is 7.76. The number of nitrogens with zero attached hydrogens (tertiary/aromatic N) is 4. The Balaban J connectivity index is 1.52. The number of halogens is 2. The Labute approximate surface area is 194 Å². The maximum absolute atomic E-state index is 14.5. The maximum atomic E-state index is 14.5. The van der Waals surface area contributed by atoms with Gasteiger partial charge < -0.3 is 4.74 Å². The van der Waals surface area contributed by atoms with Crippen molar-refractivity contribution in [3.63, 3.8) is 0 Å². The number of hydrogen-bond donors (Lipinski definition) is 1. The number of hydrogen-bond acceptors (Lipinski definition) is 6. The van der Waals surface area contributed by atoms with Gasteiger partial charge in [0.25, 0.3) is 0 Å². The van der Waals surface area contributed by atoms with E-state index in [2.05, 4.69) is 47.6 Å². The van der Waals surface area contributed by atoms with Gasteiger partial charge in [0.2, 0.25) is 5.88 Å². The highest BCUT2D eigenvalue weighted by Gasteiger charge is 2.23. The number of aromatic nitrogens is 3. The minimum absolute atomic E-state index is 0.0391. The number of imidazole rings is 1. The van der Waals surface area contributed by atoms with E-state index >= 15 is 0 Å². The number of hydroxylamine groups is 1. The van der Waals surface area contributed by atoms with Crippen LogP contribution in [0.5, 0.6) is 11.6 Å². The summed E-state index contributed by atoms with van der Waals surface area (Å²) in [6.07, 6.45) is 3.92. The first-order valence-corrected chi connectivity index (χ1v) is 10.8. The molecule has 0 saturated heterocycles. The second-order valence-corrected chi connectivity index (χ2v) is 8.37. The molecule has 1 aliphatic heterocycles.